The summed E-state index contributed by atoms with van der Waals surface area (Å²) in [5, 5.41) is 0. The Morgan fingerprint density at radius 1 is 1.40 bits per heavy atom. The van der Waals surface area contributed by atoms with E-state index in [0.29, 0.717) is 17.7 Å². The first kappa shape index (κ1) is 10.1. The van der Waals surface area contributed by atoms with Crippen LogP contribution in [0.2, 0.25) is 0 Å². The summed E-state index contributed by atoms with van der Waals surface area (Å²) in [7, 11) is 0. The molecule has 0 saturated heterocycles. The molecule has 3 heteroatoms. The molecule has 1 aromatic carbocycles. The number of anilines is 1. The third-order valence-electron chi connectivity index (χ3n) is 2.76. The van der Waals surface area contributed by atoms with Crippen LogP contribution in [-0.4, -0.2) is 11.9 Å². The van der Waals surface area contributed by atoms with E-state index in [-0.39, 0.29) is 17.8 Å². The van der Waals surface area contributed by atoms with Crippen molar-refractivity contribution >= 4 is 11.6 Å². The van der Waals surface area contributed by atoms with Gasteiger partial charge in [-0.3, -0.25) is 4.79 Å². The quantitative estimate of drug-likeness (QED) is 0.692. The molecule has 1 aliphatic heterocycles. The highest BCUT2D eigenvalue weighted by atomic mass is 19.1. The molecule has 1 aliphatic rings. The minimum Gasteiger partial charge on any atom is -0.307 e. The van der Waals surface area contributed by atoms with E-state index >= 15 is 0 Å². The molecule has 0 aliphatic carbocycles. The third kappa shape index (κ3) is 1.42. The fourth-order valence-corrected chi connectivity index (χ4v) is 2.03. The van der Waals surface area contributed by atoms with E-state index in [1.165, 1.54) is 0 Å². The van der Waals surface area contributed by atoms with Gasteiger partial charge in [-0.1, -0.05) is 12.1 Å². The highest BCUT2D eigenvalue weighted by molar-refractivity contribution is 6.02. The monoisotopic (exact) mass is 207 g/mol. The maximum Gasteiger partial charge on any atom is 0.231 e. The van der Waals surface area contributed by atoms with Gasteiger partial charge in [-0.25, -0.2) is 4.39 Å². The summed E-state index contributed by atoms with van der Waals surface area (Å²) in [6.07, 6.45) is 0.324. The Labute approximate surface area is 88.7 Å². The molecule has 1 aromatic rings. The summed E-state index contributed by atoms with van der Waals surface area (Å²) >= 11 is 0. The van der Waals surface area contributed by atoms with Gasteiger partial charge in [0.1, 0.15) is 5.82 Å². The number of hydrogen-bond acceptors (Lipinski definition) is 1. The zero-order valence-electron chi connectivity index (χ0n) is 9.17. The second kappa shape index (κ2) is 3.33. The van der Waals surface area contributed by atoms with Gasteiger partial charge in [0.05, 0.1) is 12.1 Å². The van der Waals surface area contributed by atoms with Crippen molar-refractivity contribution in [3.63, 3.8) is 0 Å². The van der Waals surface area contributed by atoms with Crippen LogP contribution in [0.15, 0.2) is 12.1 Å². The Morgan fingerprint density at radius 3 is 2.67 bits per heavy atom. The summed E-state index contributed by atoms with van der Waals surface area (Å²) in [6.45, 7) is 5.51. The second-order valence-electron chi connectivity index (χ2n) is 4.24. The summed E-state index contributed by atoms with van der Waals surface area (Å²) in [5.74, 6) is -0.267. The first-order valence-corrected chi connectivity index (χ1v) is 5.12. The van der Waals surface area contributed by atoms with Crippen molar-refractivity contribution in [1.82, 2.24) is 0 Å². The summed E-state index contributed by atoms with van der Waals surface area (Å²) < 4.78 is 13.9. The predicted molar refractivity (Wildman–Crippen MR) is 57.5 cm³/mol. The standard InChI is InChI=1S/C12H14FNO/c1-7(2)14-10(15)6-9-5-4-8(3)11(13)12(9)14/h4-5,7H,6H2,1-3H3. The fraction of sp³-hybridized carbons (Fsp3) is 0.417. The average Bonchev–Trinajstić information content (AvgIpc) is 2.49. The molecule has 0 saturated carbocycles. The van der Waals surface area contributed by atoms with E-state index in [1.54, 1.807) is 17.9 Å². The van der Waals surface area contributed by atoms with Crippen molar-refractivity contribution in [2.24, 2.45) is 0 Å². The Kier molecular flexibility index (Phi) is 2.25. The molecule has 0 spiro atoms. The maximum atomic E-state index is 13.9. The molecule has 0 N–H and O–H groups in total. The van der Waals surface area contributed by atoms with Gasteiger partial charge >= 0.3 is 0 Å². The fourth-order valence-electron chi connectivity index (χ4n) is 2.03. The summed E-state index contributed by atoms with van der Waals surface area (Å²) in [6, 6.07) is 3.58. The van der Waals surface area contributed by atoms with Gasteiger partial charge in [0.2, 0.25) is 5.91 Å². The van der Waals surface area contributed by atoms with Crippen molar-refractivity contribution in [2.75, 3.05) is 4.90 Å². The molecule has 2 rings (SSSR count). The number of carbonyl (C=O) groups is 1. The zero-order valence-corrected chi connectivity index (χ0v) is 9.17. The molecule has 0 fully saturated rings. The van der Waals surface area contributed by atoms with Crippen LogP contribution in [0.25, 0.3) is 0 Å². The van der Waals surface area contributed by atoms with E-state index < -0.39 is 0 Å². The lowest BCUT2D eigenvalue weighted by atomic mass is 10.1. The zero-order chi connectivity index (χ0) is 11.2. The van der Waals surface area contributed by atoms with Crippen LogP contribution in [0, 0.1) is 12.7 Å². The molecule has 0 aromatic heterocycles. The summed E-state index contributed by atoms with van der Waals surface area (Å²) in [4.78, 5) is 13.2. The molecule has 0 unspecified atom stereocenters. The molecule has 0 radical (unpaired) electrons. The molecular formula is C12H14FNO. The number of halogens is 1. The van der Waals surface area contributed by atoms with Crippen LogP contribution in [0.5, 0.6) is 0 Å². The van der Waals surface area contributed by atoms with Gasteiger partial charge in [-0.15, -0.1) is 0 Å². The van der Waals surface area contributed by atoms with Crippen molar-refractivity contribution in [1.29, 1.82) is 0 Å². The smallest absolute Gasteiger partial charge is 0.231 e. The van der Waals surface area contributed by atoms with Gasteiger partial charge in [-0.05, 0) is 31.9 Å². The number of aryl methyl sites for hydroxylation is 1. The van der Waals surface area contributed by atoms with Crippen molar-refractivity contribution in [3.8, 4) is 0 Å². The first-order chi connectivity index (χ1) is 7.02. The number of fused-ring (bicyclic) bond motifs is 1. The third-order valence-corrected chi connectivity index (χ3v) is 2.76. The van der Waals surface area contributed by atoms with E-state index in [2.05, 4.69) is 0 Å². The largest absolute Gasteiger partial charge is 0.307 e. The molecule has 0 bridgehead atoms. The van der Waals surface area contributed by atoms with Crippen LogP contribution >= 0.6 is 0 Å². The number of hydrogen-bond donors (Lipinski definition) is 0. The lowest BCUT2D eigenvalue weighted by Crippen LogP contribution is -2.34. The van der Waals surface area contributed by atoms with E-state index in [1.807, 2.05) is 19.9 Å². The Bertz CT molecular complexity index is 426. The van der Waals surface area contributed by atoms with Crippen molar-refractivity contribution in [2.45, 2.75) is 33.2 Å². The van der Waals surface area contributed by atoms with Crippen LogP contribution in [0.4, 0.5) is 10.1 Å². The topological polar surface area (TPSA) is 20.3 Å². The normalized spacial score (nSPS) is 15.0. The molecule has 80 valence electrons. The van der Waals surface area contributed by atoms with Gasteiger partial charge < -0.3 is 4.90 Å². The Hall–Kier alpha value is -1.38. The molecule has 2 nitrogen and oxygen atoms in total. The maximum absolute atomic E-state index is 13.9. The number of nitrogens with zero attached hydrogens (tertiary/aromatic N) is 1. The minimum absolute atomic E-state index is 0.00931. The highest BCUT2D eigenvalue weighted by Gasteiger charge is 2.32. The molecule has 15 heavy (non-hydrogen) atoms. The SMILES string of the molecule is Cc1ccc2c(c1F)N(C(C)C)C(=O)C2. The lowest BCUT2D eigenvalue weighted by molar-refractivity contribution is -0.117. The minimum atomic E-state index is -0.257. The number of rotatable bonds is 1. The number of carbonyl (C=O) groups excluding carboxylic acids is 1. The second-order valence-corrected chi connectivity index (χ2v) is 4.24. The summed E-state index contributed by atoms with van der Waals surface area (Å²) in [5.41, 5.74) is 1.88. The molecule has 0 atom stereocenters. The number of benzene rings is 1. The van der Waals surface area contributed by atoms with Crippen molar-refractivity contribution < 1.29 is 9.18 Å². The Morgan fingerprint density at radius 2 is 2.07 bits per heavy atom. The van der Waals surface area contributed by atoms with Crippen LogP contribution in [0.1, 0.15) is 25.0 Å². The highest BCUT2D eigenvalue weighted by Crippen LogP contribution is 2.34. The first-order valence-electron chi connectivity index (χ1n) is 5.12. The van der Waals surface area contributed by atoms with Crippen molar-refractivity contribution in [3.05, 3.63) is 29.1 Å². The predicted octanol–water partition coefficient (Wildman–Crippen LogP) is 2.43. The molecule has 1 amide bonds. The van der Waals surface area contributed by atoms with E-state index in [4.69, 9.17) is 0 Å². The lowest BCUT2D eigenvalue weighted by Gasteiger charge is -2.22. The molecule has 1 heterocycles. The van der Waals surface area contributed by atoms with E-state index in [0.717, 1.165) is 5.56 Å². The van der Waals surface area contributed by atoms with E-state index in [9.17, 15) is 9.18 Å². The van der Waals surface area contributed by atoms with Gasteiger partial charge in [-0.2, -0.15) is 0 Å². The molecular weight excluding hydrogens is 193 g/mol. The van der Waals surface area contributed by atoms with Crippen LogP contribution in [0.3, 0.4) is 0 Å². The average molecular weight is 207 g/mol. The van der Waals surface area contributed by atoms with Gasteiger partial charge in [0.25, 0.3) is 0 Å². The Balaban J connectivity index is 2.60. The van der Waals surface area contributed by atoms with Crippen LogP contribution < -0.4 is 4.90 Å². The van der Waals surface area contributed by atoms with Crippen LogP contribution in [-0.2, 0) is 11.2 Å². The van der Waals surface area contributed by atoms with Gasteiger partial charge in [0, 0.05) is 6.04 Å². The van der Waals surface area contributed by atoms with Gasteiger partial charge in [0.15, 0.2) is 0 Å². The number of amides is 1.